The maximum atomic E-state index is 13.0. The lowest BCUT2D eigenvalue weighted by Crippen LogP contribution is -2.56. The Balaban J connectivity index is 1.26. The van der Waals surface area contributed by atoms with E-state index < -0.39 is 24.8 Å². The molecule has 3 fully saturated rings. The van der Waals surface area contributed by atoms with Gasteiger partial charge in [0.15, 0.2) is 0 Å². The van der Waals surface area contributed by atoms with Gasteiger partial charge < -0.3 is 19.5 Å². The van der Waals surface area contributed by atoms with Crippen LogP contribution in [0.4, 0.5) is 13.2 Å². The highest BCUT2D eigenvalue weighted by Gasteiger charge is 2.40. The van der Waals surface area contributed by atoms with Crippen LogP contribution >= 0.6 is 0 Å². The molecule has 35 heavy (non-hydrogen) atoms. The second kappa shape index (κ2) is 12.0. The number of aliphatic hydroxyl groups excluding tert-OH is 1. The molecule has 6 nitrogen and oxygen atoms in total. The van der Waals surface area contributed by atoms with Gasteiger partial charge in [0, 0.05) is 32.2 Å². The number of fused-ring (bicyclic) bond motifs is 1. The van der Waals surface area contributed by atoms with Crippen LogP contribution < -0.4 is 0 Å². The molecule has 0 aliphatic carbocycles. The highest BCUT2D eigenvalue weighted by atomic mass is 19.4. The Labute approximate surface area is 205 Å². The molecule has 1 amide bonds. The minimum Gasteiger partial charge on any atom is -0.389 e. The van der Waals surface area contributed by atoms with E-state index in [4.69, 9.17) is 9.47 Å². The number of rotatable bonds is 6. The summed E-state index contributed by atoms with van der Waals surface area (Å²) in [6, 6.07) is 10.2. The van der Waals surface area contributed by atoms with Gasteiger partial charge in [0.25, 0.3) is 0 Å². The fourth-order valence-corrected chi connectivity index (χ4v) is 5.63. The van der Waals surface area contributed by atoms with E-state index >= 15 is 0 Å². The van der Waals surface area contributed by atoms with Crippen molar-refractivity contribution in [2.45, 2.75) is 75.5 Å². The Morgan fingerprint density at radius 1 is 1.06 bits per heavy atom. The van der Waals surface area contributed by atoms with Crippen molar-refractivity contribution < 1.29 is 32.5 Å². The maximum absolute atomic E-state index is 13.0. The van der Waals surface area contributed by atoms with Gasteiger partial charge in [0.2, 0.25) is 5.91 Å². The molecule has 9 heteroatoms. The molecule has 0 saturated carbocycles. The molecular formula is C26H37F3N2O4. The zero-order valence-corrected chi connectivity index (χ0v) is 20.2. The number of benzene rings is 1. The van der Waals surface area contributed by atoms with E-state index in [0.29, 0.717) is 18.8 Å². The van der Waals surface area contributed by atoms with Crippen LogP contribution in [0.1, 0.15) is 44.1 Å². The van der Waals surface area contributed by atoms with Crippen LogP contribution in [0.25, 0.3) is 0 Å². The van der Waals surface area contributed by atoms with Crippen LogP contribution in [0.5, 0.6) is 0 Å². The SMILES string of the molecule is O=C(C[C@@H]1CC[C@H]2[C@@H](COC[C@H](O)CN2CCC(F)(F)F)O1)N1CCC(Cc2ccccc2)CC1. The summed E-state index contributed by atoms with van der Waals surface area (Å²) in [5.74, 6) is 0.668. The summed E-state index contributed by atoms with van der Waals surface area (Å²) >= 11 is 0. The van der Waals surface area contributed by atoms with Crippen molar-refractivity contribution >= 4 is 5.91 Å². The number of piperidine rings is 1. The van der Waals surface area contributed by atoms with Crippen molar-refractivity contribution in [3.63, 3.8) is 0 Å². The van der Waals surface area contributed by atoms with Gasteiger partial charge in [-0.1, -0.05) is 30.3 Å². The van der Waals surface area contributed by atoms with E-state index in [0.717, 1.165) is 32.4 Å². The summed E-state index contributed by atoms with van der Waals surface area (Å²) < 4.78 is 50.3. The van der Waals surface area contributed by atoms with Crippen LogP contribution in [0.15, 0.2) is 30.3 Å². The van der Waals surface area contributed by atoms with E-state index in [9.17, 15) is 23.1 Å². The number of carbonyl (C=O) groups is 1. The van der Waals surface area contributed by atoms with Gasteiger partial charge in [-0.2, -0.15) is 13.2 Å². The third kappa shape index (κ3) is 7.90. The van der Waals surface area contributed by atoms with Crippen molar-refractivity contribution in [3.8, 4) is 0 Å². The number of ether oxygens (including phenoxy) is 2. The molecule has 4 atom stereocenters. The van der Waals surface area contributed by atoms with Gasteiger partial charge in [-0.05, 0) is 43.6 Å². The fourth-order valence-electron chi connectivity index (χ4n) is 5.63. The summed E-state index contributed by atoms with van der Waals surface area (Å²) in [4.78, 5) is 16.6. The van der Waals surface area contributed by atoms with Crippen LogP contribution in [0, 0.1) is 5.92 Å². The third-order valence-corrected chi connectivity index (χ3v) is 7.51. The number of likely N-dealkylation sites (tertiary alicyclic amines) is 1. The molecule has 1 aromatic carbocycles. The molecule has 0 unspecified atom stereocenters. The second-order valence-corrected chi connectivity index (χ2v) is 10.2. The molecule has 3 heterocycles. The number of hydrogen-bond donors (Lipinski definition) is 1. The number of carbonyl (C=O) groups excluding carboxylic acids is 1. The maximum Gasteiger partial charge on any atom is 0.390 e. The Kier molecular flexibility index (Phi) is 9.07. The van der Waals surface area contributed by atoms with Crippen LogP contribution in [-0.4, -0.2) is 90.7 Å². The summed E-state index contributed by atoms with van der Waals surface area (Å²) in [5, 5.41) is 10.1. The van der Waals surface area contributed by atoms with Gasteiger partial charge in [-0.25, -0.2) is 0 Å². The van der Waals surface area contributed by atoms with Crippen LogP contribution in [0.2, 0.25) is 0 Å². The molecule has 3 saturated heterocycles. The van der Waals surface area contributed by atoms with E-state index in [1.807, 2.05) is 11.0 Å². The van der Waals surface area contributed by atoms with Gasteiger partial charge in [0.1, 0.15) is 0 Å². The molecule has 4 rings (SSSR count). The first kappa shape index (κ1) is 26.4. The molecule has 0 spiro atoms. The van der Waals surface area contributed by atoms with Gasteiger partial charge in [-0.3, -0.25) is 9.69 Å². The minimum absolute atomic E-state index is 0.0661. The van der Waals surface area contributed by atoms with Crippen molar-refractivity contribution in [3.05, 3.63) is 35.9 Å². The van der Waals surface area contributed by atoms with Crippen LogP contribution in [-0.2, 0) is 20.7 Å². The molecule has 0 bridgehead atoms. The largest absolute Gasteiger partial charge is 0.390 e. The Hall–Kier alpha value is -1.68. The first-order chi connectivity index (χ1) is 16.8. The number of amides is 1. The van der Waals surface area contributed by atoms with Gasteiger partial charge in [-0.15, -0.1) is 0 Å². The Bertz CT molecular complexity index is 802. The van der Waals surface area contributed by atoms with Gasteiger partial charge in [0.05, 0.1) is 44.4 Å². The molecule has 1 N–H and O–H groups in total. The predicted molar refractivity (Wildman–Crippen MR) is 125 cm³/mol. The zero-order valence-electron chi connectivity index (χ0n) is 20.2. The van der Waals surface area contributed by atoms with Gasteiger partial charge >= 0.3 is 6.18 Å². The van der Waals surface area contributed by atoms with E-state index in [1.165, 1.54) is 5.56 Å². The first-order valence-electron chi connectivity index (χ1n) is 12.8. The molecule has 3 aliphatic rings. The summed E-state index contributed by atoms with van der Waals surface area (Å²) in [6.45, 7) is 1.73. The summed E-state index contributed by atoms with van der Waals surface area (Å²) in [6.07, 6.45) is -2.14. The molecular weight excluding hydrogens is 461 g/mol. The molecule has 196 valence electrons. The second-order valence-electron chi connectivity index (χ2n) is 10.2. The normalized spacial score (nSPS) is 29.3. The predicted octanol–water partition coefficient (Wildman–Crippen LogP) is 3.42. The number of hydrogen-bond acceptors (Lipinski definition) is 5. The topological polar surface area (TPSA) is 62.2 Å². The molecule has 3 aliphatic heterocycles. The van der Waals surface area contributed by atoms with Crippen LogP contribution in [0.3, 0.4) is 0 Å². The number of aliphatic hydroxyl groups is 1. The standard InChI is InChI=1S/C26H37F3N2O4/c27-26(28,29)10-13-31-16-21(32)17-34-18-24-23(31)7-6-22(35-24)15-25(33)30-11-8-20(9-12-30)14-19-4-2-1-3-5-19/h1-5,20-24,32H,6-18H2/t21-,22+,23+,24-/m1/s1. The lowest BCUT2D eigenvalue weighted by molar-refractivity contribution is -0.171. The van der Waals surface area contributed by atoms with E-state index in [2.05, 4.69) is 24.3 Å². The highest BCUT2D eigenvalue weighted by Crippen LogP contribution is 2.30. The van der Waals surface area contributed by atoms with Crippen molar-refractivity contribution in [1.29, 1.82) is 0 Å². The van der Waals surface area contributed by atoms with Crippen molar-refractivity contribution in [2.75, 3.05) is 39.4 Å². The minimum atomic E-state index is -4.25. The molecule has 1 aromatic rings. The number of nitrogens with zero attached hydrogens (tertiary/aromatic N) is 2. The average molecular weight is 499 g/mol. The third-order valence-electron chi connectivity index (χ3n) is 7.51. The van der Waals surface area contributed by atoms with Crippen molar-refractivity contribution in [2.24, 2.45) is 5.92 Å². The highest BCUT2D eigenvalue weighted by molar-refractivity contribution is 5.76. The zero-order chi connectivity index (χ0) is 24.8. The number of β-amino-alcohol motifs (C(OH)–C–C–N with tert-alkyl or cyclic N) is 1. The number of alkyl halides is 3. The average Bonchev–Trinajstić information content (AvgIpc) is 2.81. The van der Waals surface area contributed by atoms with E-state index in [-0.39, 0.29) is 50.8 Å². The lowest BCUT2D eigenvalue weighted by Gasteiger charge is -2.45. The van der Waals surface area contributed by atoms with E-state index in [1.54, 1.807) is 4.90 Å². The lowest BCUT2D eigenvalue weighted by atomic mass is 9.89. The summed E-state index contributed by atoms with van der Waals surface area (Å²) in [7, 11) is 0. The molecule has 0 aromatic heterocycles. The summed E-state index contributed by atoms with van der Waals surface area (Å²) in [5.41, 5.74) is 1.33. The smallest absolute Gasteiger partial charge is 0.389 e. The molecule has 0 radical (unpaired) electrons. The fraction of sp³-hybridized carbons (Fsp3) is 0.731. The Morgan fingerprint density at radius 3 is 2.51 bits per heavy atom. The van der Waals surface area contributed by atoms with Crippen molar-refractivity contribution in [1.82, 2.24) is 9.80 Å². The Morgan fingerprint density at radius 2 is 1.80 bits per heavy atom. The monoisotopic (exact) mass is 498 g/mol. The quantitative estimate of drug-likeness (QED) is 0.652. The first-order valence-corrected chi connectivity index (χ1v) is 12.8. The number of halogens is 3.